The molecule has 1 amide bonds. The maximum Gasteiger partial charge on any atom is 0.271 e. The third kappa shape index (κ3) is 3.36. The Hall–Kier alpha value is -2.57. The second kappa shape index (κ2) is 6.46. The quantitative estimate of drug-likeness (QED) is 0.878. The van der Waals surface area contributed by atoms with Crippen LogP contribution in [0.15, 0.2) is 35.7 Å². The Bertz CT molecular complexity index is 652. The number of carbonyl (C=O) groups is 1. The highest BCUT2D eigenvalue weighted by Crippen LogP contribution is 2.21. The van der Waals surface area contributed by atoms with Crippen LogP contribution < -0.4 is 5.43 Å². The summed E-state index contributed by atoms with van der Waals surface area (Å²) in [6.45, 7) is 2.25. The standard InChI is InChI=1S/C15H18N6O/c1-11-2-6-13(7-3-11)17-18-15(22)12-4-8-14(9-5-12)21-10-16-19-20-21/h4-5,8-11H,2-3,6-7H2,1H3,(H,18,22). The maximum absolute atomic E-state index is 12.1. The fraction of sp³-hybridized carbons (Fsp3) is 0.400. The molecule has 1 aliphatic carbocycles. The predicted octanol–water partition coefficient (Wildman–Crippen LogP) is 1.96. The van der Waals surface area contributed by atoms with Crippen LogP contribution in [0.5, 0.6) is 0 Å². The van der Waals surface area contributed by atoms with Crippen LogP contribution >= 0.6 is 0 Å². The van der Waals surface area contributed by atoms with Crippen LogP contribution in [0.25, 0.3) is 5.69 Å². The number of benzene rings is 1. The summed E-state index contributed by atoms with van der Waals surface area (Å²) < 4.78 is 1.53. The lowest BCUT2D eigenvalue weighted by atomic mass is 9.90. The molecule has 7 nitrogen and oxygen atoms in total. The lowest BCUT2D eigenvalue weighted by molar-refractivity contribution is 0.0954. The second-order valence-electron chi connectivity index (χ2n) is 5.60. The zero-order valence-corrected chi connectivity index (χ0v) is 12.4. The summed E-state index contributed by atoms with van der Waals surface area (Å²) in [5, 5.41) is 15.2. The van der Waals surface area contributed by atoms with Crippen molar-refractivity contribution in [2.24, 2.45) is 11.0 Å². The van der Waals surface area contributed by atoms with E-state index in [2.05, 4.69) is 33.0 Å². The number of hydrogen-bond acceptors (Lipinski definition) is 5. The summed E-state index contributed by atoms with van der Waals surface area (Å²) in [5.74, 6) is 0.558. The van der Waals surface area contributed by atoms with Gasteiger partial charge in [-0.1, -0.05) is 6.92 Å². The van der Waals surface area contributed by atoms with Crippen LogP contribution in [-0.4, -0.2) is 31.8 Å². The lowest BCUT2D eigenvalue weighted by Gasteiger charge is -2.18. The fourth-order valence-corrected chi connectivity index (χ4v) is 2.45. The zero-order chi connectivity index (χ0) is 15.4. The molecule has 1 aromatic carbocycles. The van der Waals surface area contributed by atoms with Crippen molar-refractivity contribution in [1.29, 1.82) is 0 Å². The van der Waals surface area contributed by atoms with E-state index in [1.54, 1.807) is 24.3 Å². The smallest absolute Gasteiger partial charge is 0.267 e. The van der Waals surface area contributed by atoms with Crippen molar-refractivity contribution in [3.63, 3.8) is 0 Å². The number of aromatic nitrogens is 4. The summed E-state index contributed by atoms with van der Waals surface area (Å²) >= 11 is 0. The van der Waals surface area contributed by atoms with E-state index in [9.17, 15) is 4.79 Å². The molecular weight excluding hydrogens is 280 g/mol. The highest BCUT2D eigenvalue weighted by Gasteiger charge is 2.14. The lowest BCUT2D eigenvalue weighted by Crippen LogP contribution is -2.21. The first kappa shape index (κ1) is 14.4. The van der Waals surface area contributed by atoms with Crippen molar-refractivity contribution in [1.82, 2.24) is 25.6 Å². The van der Waals surface area contributed by atoms with Gasteiger partial charge in [0.05, 0.1) is 5.69 Å². The molecule has 1 saturated carbocycles. The number of amides is 1. The molecule has 0 bridgehead atoms. The van der Waals surface area contributed by atoms with E-state index >= 15 is 0 Å². The van der Waals surface area contributed by atoms with Gasteiger partial charge in [-0.2, -0.15) is 5.10 Å². The predicted molar refractivity (Wildman–Crippen MR) is 81.7 cm³/mol. The number of hydrazone groups is 1. The van der Waals surface area contributed by atoms with Crippen LogP contribution in [0.2, 0.25) is 0 Å². The largest absolute Gasteiger partial charge is 0.271 e. The molecule has 0 atom stereocenters. The number of rotatable bonds is 3. The van der Waals surface area contributed by atoms with Gasteiger partial charge in [0.25, 0.3) is 5.91 Å². The summed E-state index contributed by atoms with van der Waals surface area (Å²) in [7, 11) is 0. The summed E-state index contributed by atoms with van der Waals surface area (Å²) in [6.07, 6.45) is 5.75. The number of tetrazole rings is 1. The molecule has 1 fully saturated rings. The van der Waals surface area contributed by atoms with Crippen molar-refractivity contribution in [3.8, 4) is 5.69 Å². The normalized spacial score (nSPS) is 18.0. The average molecular weight is 298 g/mol. The Balaban J connectivity index is 1.62. The number of carbonyl (C=O) groups excluding carboxylic acids is 1. The van der Waals surface area contributed by atoms with E-state index in [1.165, 1.54) is 11.0 Å². The van der Waals surface area contributed by atoms with Gasteiger partial charge >= 0.3 is 0 Å². The Labute approximate surface area is 128 Å². The van der Waals surface area contributed by atoms with Crippen molar-refractivity contribution in [2.45, 2.75) is 32.6 Å². The molecule has 22 heavy (non-hydrogen) atoms. The van der Waals surface area contributed by atoms with Crippen LogP contribution in [0.4, 0.5) is 0 Å². The SMILES string of the molecule is CC1CCC(=NNC(=O)c2ccc(-n3cnnn3)cc2)CC1. The average Bonchev–Trinajstić information content (AvgIpc) is 3.09. The summed E-state index contributed by atoms with van der Waals surface area (Å²) in [5.41, 5.74) is 5.08. The minimum absolute atomic E-state index is 0.200. The first-order valence-electron chi connectivity index (χ1n) is 7.41. The molecule has 1 heterocycles. The van der Waals surface area contributed by atoms with Gasteiger partial charge in [0.1, 0.15) is 6.33 Å². The molecule has 2 aromatic rings. The second-order valence-corrected chi connectivity index (χ2v) is 5.60. The van der Waals surface area contributed by atoms with Gasteiger partial charge in [-0.3, -0.25) is 4.79 Å². The first-order chi connectivity index (χ1) is 10.7. The highest BCUT2D eigenvalue weighted by atomic mass is 16.2. The Kier molecular flexibility index (Phi) is 4.22. The van der Waals surface area contributed by atoms with Crippen LogP contribution in [0.1, 0.15) is 43.0 Å². The van der Waals surface area contributed by atoms with Gasteiger partial charge in [-0.25, -0.2) is 10.1 Å². The van der Waals surface area contributed by atoms with E-state index in [-0.39, 0.29) is 5.91 Å². The molecule has 0 saturated heterocycles. The summed E-state index contributed by atoms with van der Waals surface area (Å²) in [4.78, 5) is 12.1. The molecule has 1 aliphatic rings. The Morgan fingerprint density at radius 3 is 2.64 bits per heavy atom. The van der Waals surface area contributed by atoms with Gasteiger partial charge in [0.2, 0.25) is 0 Å². The van der Waals surface area contributed by atoms with Crippen molar-refractivity contribution in [3.05, 3.63) is 36.2 Å². The highest BCUT2D eigenvalue weighted by molar-refractivity contribution is 5.95. The Morgan fingerprint density at radius 2 is 2.00 bits per heavy atom. The van der Waals surface area contributed by atoms with Crippen LogP contribution in [0, 0.1) is 5.92 Å². The first-order valence-corrected chi connectivity index (χ1v) is 7.41. The van der Waals surface area contributed by atoms with Gasteiger partial charge in [0, 0.05) is 11.3 Å². The molecule has 1 aromatic heterocycles. The van der Waals surface area contributed by atoms with Crippen LogP contribution in [0.3, 0.4) is 0 Å². The van der Waals surface area contributed by atoms with E-state index in [0.29, 0.717) is 5.56 Å². The molecule has 7 heteroatoms. The maximum atomic E-state index is 12.1. The molecule has 0 radical (unpaired) electrons. The number of nitrogens with one attached hydrogen (secondary N) is 1. The van der Waals surface area contributed by atoms with E-state index < -0.39 is 0 Å². The minimum Gasteiger partial charge on any atom is -0.267 e. The third-order valence-electron chi connectivity index (χ3n) is 3.91. The zero-order valence-electron chi connectivity index (χ0n) is 12.4. The van der Waals surface area contributed by atoms with E-state index in [4.69, 9.17) is 0 Å². The molecule has 1 N–H and O–H groups in total. The van der Waals surface area contributed by atoms with E-state index in [1.807, 2.05) is 0 Å². The monoisotopic (exact) mass is 298 g/mol. The van der Waals surface area contributed by atoms with Gasteiger partial charge in [-0.15, -0.1) is 5.10 Å². The van der Waals surface area contributed by atoms with Crippen molar-refractivity contribution >= 4 is 11.6 Å². The van der Waals surface area contributed by atoms with Crippen molar-refractivity contribution < 1.29 is 4.79 Å². The number of hydrogen-bond donors (Lipinski definition) is 1. The topological polar surface area (TPSA) is 85.1 Å². The van der Waals surface area contributed by atoms with Gasteiger partial charge in [0.15, 0.2) is 0 Å². The molecular formula is C15H18N6O. The van der Waals surface area contributed by atoms with Crippen molar-refractivity contribution in [2.75, 3.05) is 0 Å². The molecule has 3 rings (SSSR count). The molecule has 114 valence electrons. The third-order valence-corrected chi connectivity index (χ3v) is 3.91. The molecule has 0 aliphatic heterocycles. The van der Waals surface area contributed by atoms with Gasteiger partial charge in [-0.05, 0) is 66.3 Å². The molecule has 0 spiro atoms. The number of nitrogens with zero attached hydrogens (tertiary/aromatic N) is 5. The summed E-state index contributed by atoms with van der Waals surface area (Å²) in [6, 6.07) is 7.05. The van der Waals surface area contributed by atoms with Crippen LogP contribution in [-0.2, 0) is 0 Å². The van der Waals surface area contributed by atoms with Gasteiger partial charge < -0.3 is 0 Å². The fourth-order valence-electron chi connectivity index (χ4n) is 2.45. The van der Waals surface area contributed by atoms with E-state index in [0.717, 1.165) is 43.0 Å². The Morgan fingerprint density at radius 1 is 1.27 bits per heavy atom. The molecule has 0 unspecified atom stereocenters. The minimum atomic E-state index is -0.200.